The van der Waals surface area contributed by atoms with E-state index in [4.69, 9.17) is 4.98 Å². The summed E-state index contributed by atoms with van der Waals surface area (Å²) in [6, 6.07) is 0.580. The average molecular weight is 418 g/mol. The molecule has 1 atom stereocenters. The molecule has 0 radical (unpaired) electrons. The van der Waals surface area contributed by atoms with E-state index >= 15 is 0 Å². The zero-order valence-corrected chi connectivity index (χ0v) is 18.0. The predicted octanol–water partition coefficient (Wildman–Crippen LogP) is 4.21. The molecule has 2 fully saturated rings. The Labute approximate surface area is 173 Å². The largest absolute Gasteiger partial charge is 0.352 e. The lowest BCUT2D eigenvalue weighted by atomic mass is 9.97. The molecular formula is C21H27N3O2S2. The second kappa shape index (κ2) is 7.48. The molecule has 1 amide bonds. The molecule has 3 aliphatic rings. The number of thioether (sulfide) groups is 1. The fourth-order valence-electron chi connectivity index (χ4n) is 4.52. The SMILES string of the molecule is C[C@H](Sc1nc2sc3c(c2c(=O)n1C1CCCC1)CCCC3)C(=O)NC1CC1. The highest BCUT2D eigenvalue weighted by molar-refractivity contribution is 8.00. The molecule has 28 heavy (non-hydrogen) atoms. The number of aromatic nitrogens is 2. The Balaban J connectivity index is 1.57. The van der Waals surface area contributed by atoms with Gasteiger partial charge in [-0.1, -0.05) is 24.6 Å². The summed E-state index contributed by atoms with van der Waals surface area (Å²) in [6.45, 7) is 1.93. The Hall–Kier alpha value is -1.34. The van der Waals surface area contributed by atoms with Crippen LogP contribution in [0.15, 0.2) is 9.95 Å². The Morgan fingerprint density at radius 3 is 2.68 bits per heavy atom. The Bertz CT molecular complexity index is 970. The number of fused-ring (bicyclic) bond motifs is 3. The molecule has 7 heteroatoms. The Morgan fingerprint density at radius 2 is 1.93 bits per heavy atom. The van der Waals surface area contributed by atoms with E-state index in [1.54, 1.807) is 11.3 Å². The van der Waals surface area contributed by atoms with Crippen LogP contribution in [-0.2, 0) is 17.6 Å². The van der Waals surface area contributed by atoms with E-state index in [0.717, 1.165) is 60.3 Å². The fourth-order valence-corrected chi connectivity index (χ4v) is 6.81. The minimum atomic E-state index is -0.243. The smallest absolute Gasteiger partial charge is 0.263 e. The first kappa shape index (κ1) is 18.7. The van der Waals surface area contributed by atoms with Crippen molar-refractivity contribution in [3.05, 3.63) is 20.8 Å². The van der Waals surface area contributed by atoms with Crippen LogP contribution < -0.4 is 10.9 Å². The zero-order chi connectivity index (χ0) is 19.3. The van der Waals surface area contributed by atoms with Gasteiger partial charge in [-0.2, -0.15) is 0 Å². The molecule has 0 bridgehead atoms. The predicted molar refractivity (Wildman–Crippen MR) is 115 cm³/mol. The number of nitrogens with zero attached hydrogens (tertiary/aromatic N) is 2. The third-order valence-corrected chi connectivity index (χ3v) is 8.51. The van der Waals surface area contributed by atoms with Crippen LogP contribution in [0.3, 0.4) is 0 Å². The van der Waals surface area contributed by atoms with E-state index in [9.17, 15) is 9.59 Å². The molecule has 0 spiro atoms. The van der Waals surface area contributed by atoms with Crippen molar-refractivity contribution in [1.29, 1.82) is 0 Å². The van der Waals surface area contributed by atoms with Gasteiger partial charge in [-0.15, -0.1) is 11.3 Å². The number of aryl methyl sites for hydroxylation is 2. The maximum absolute atomic E-state index is 13.6. The van der Waals surface area contributed by atoms with Crippen molar-refractivity contribution in [3.63, 3.8) is 0 Å². The van der Waals surface area contributed by atoms with Crippen molar-refractivity contribution in [2.75, 3.05) is 0 Å². The Morgan fingerprint density at radius 1 is 1.18 bits per heavy atom. The maximum atomic E-state index is 13.6. The summed E-state index contributed by atoms with van der Waals surface area (Å²) in [6.07, 6.45) is 11.0. The van der Waals surface area contributed by atoms with Gasteiger partial charge in [0.25, 0.3) is 5.56 Å². The number of thiophene rings is 1. The van der Waals surface area contributed by atoms with E-state index in [1.807, 2.05) is 11.5 Å². The number of carbonyl (C=O) groups is 1. The van der Waals surface area contributed by atoms with Crippen LogP contribution in [0.5, 0.6) is 0 Å². The van der Waals surface area contributed by atoms with E-state index < -0.39 is 0 Å². The molecule has 5 nitrogen and oxygen atoms in total. The van der Waals surface area contributed by atoms with Crippen LogP contribution in [0.2, 0.25) is 0 Å². The van der Waals surface area contributed by atoms with E-state index in [1.165, 1.54) is 41.5 Å². The van der Waals surface area contributed by atoms with Crippen LogP contribution in [-0.4, -0.2) is 26.8 Å². The summed E-state index contributed by atoms with van der Waals surface area (Å²) in [5, 5.41) is 4.44. The molecule has 2 aromatic rings. The summed E-state index contributed by atoms with van der Waals surface area (Å²) >= 11 is 3.15. The van der Waals surface area contributed by atoms with Crippen molar-refractivity contribution in [2.24, 2.45) is 0 Å². The molecule has 0 saturated heterocycles. The second-order valence-electron chi connectivity index (χ2n) is 8.44. The molecule has 2 saturated carbocycles. The zero-order valence-electron chi connectivity index (χ0n) is 16.3. The topological polar surface area (TPSA) is 64.0 Å². The van der Waals surface area contributed by atoms with Crippen LogP contribution >= 0.6 is 23.1 Å². The number of amides is 1. The molecule has 1 N–H and O–H groups in total. The summed E-state index contributed by atoms with van der Waals surface area (Å²) in [4.78, 5) is 33.3. The van der Waals surface area contributed by atoms with Crippen LogP contribution in [0, 0.1) is 0 Å². The van der Waals surface area contributed by atoms with Gasteiger partial charge in [-0.3, -0.25) is 14.2 Å². The van der Waals surface area contributed by atoms with Gasteiger partial charge in [-0.25, -0.2) is 4.98 Å². The quantitative estimate of drug-likeness (QED) is 0.585. The van der Waals surface area contributed by atoms with Gasteiger partial charge in [0.1, 0.15) is 4.83 Å². The molecule has 2 heterocycles. The lowest BCUT2D eigenvalue weighted by Gasteiger charge is -2.20. The van der Waals surface area contributed by atoms with Gasteiger partial charge in [0.15, 0.2) is 5.16 Å². The van der Waals surface area contributed by atoms with Gasteiger partial charge >= 0.3 is 0 Å². The van der Waals surface area contributed by atoms with E-state index in [0.29, 0.717) is 6.04 Å². The third-order valence-electron chi connectivity index (χ3n) is 6.25. The first-order valence-corrected chi connectivity index (χ1v) is 12.3. The average Bonchev–Trinajstić information content (AvgIpc) is 3.18. The number of hydrogen-bond acceptors (Lipinski definition) is 5. The van der Waals surface area contributed by atoms with Crippen LogP contribution in [0.25, 0.3) is 10.2 Å². The number of hydrogen-bond donors (Lipinski definition) is 1. The minimum Gasteiger partial charge on any atom is -0.352 e. The highest BCUT2D eigenvalue weighted by Gasteiger charge is 2.30. The van der Waals surface area contributed by atoms with E-state index in [2.05, 4.69) is 5.32 Å². The molecule has 0 aromatic carbocycles. The standard InChI is InChI=1S/C21H27N3O2S2/c1-12(18(25)22-13-10-11-13)27-21-23-19-17(15-8-4-5-9-16(15)28-19)20(26)24(21)14-6-2-3-7-14/h12-14H,2-11H2,1H3,(H,22,25)/t12-/m0/s1. The fraction of sp³-hybridized carbons (Fsp3) is 0.667. The lowest BCUT2D eigenvalue weighted by molar-refractivity contribution is -0.120. The third kappa shape index (κ3) is 3.41. The first-order valence-electron chi connectivity index (χ1n) is 10.7. The summed E-state index contributed by atoms with van der Waals surface area (Å²) in [5.74, 6) is 0.0605. The number of rotatable bonds is 5. The maximum Gasteiger partial charge on any atom is 0.263 e. The van der Waals surface area contributed by atoms with Gasteiger partial charge in [0.2, 0.25) is 5.91 Å². The minimum absolute atomic E-state index is 0.0605. The van der Waals surface area contributed by atoms with Crippen molar-refractivity contribution in [2.45, 2.75) is 93.6 Å². The summed E-state index contributed by atoms with van der Waals surface area (Å²) in [5.41, 5.74) is 1.39. The van der Waals surface area contributed by atoms with Crippen molar-refractivity contribution >= 4 is 39.2 Å². The number of carbonyl (C=O) groups excluding carboxylic acids is 1. The van der Waals surface area contributed by atoms with Crippen LogP contribution in [0.4, 0.5) is 0 Å². The molecule has 5 rings (SSSR count). The van der Waals surface area contributed by atoms with Crippen molar-refractivity contribution in [1.82, 2.24) is 14.9 Å². The summed E-state index contributed by atoms with van der Waals surface area (Å²) in [7, 11) is 0. The highest BCUT2D eigenvalue weighted by atomic mass is 32.2. The normalized spacial score (nSPS) is 21.0. The molecule has 0 unspecified atom stereocenters. The molecule has 2 aromatic heterocycles. The van der Waals surface area contributed by atoms with Crippen molar-refractivity contribution in [3.8, 4) is 0 Å². The van der Waals surface area contributed by atoms with Crippen LogP contribution in [0.1, 0.15) is 74.8 Å². The second-order valence-corrected chi connectivity index (χ2v) is 10.8. The molecule has 150 valence electrons. The lowest BCUT2D eigenvalue weighted by Crippen LogP contribution is -2.33. The molecular weight excluding hydrogens is 390 g/mol. The van der Waals surface area contributed by atoms with Gasteiger partial charge in [0, 0.05) is 17.0 Å². The first-order chi connectivity index (χ1) is 13.6. The summed E-state index contributed by atoms with van der Waals surface area (Å²) < 4.78 is 1.95. The van der Waals surface area contributed by atoms with Gasteiger partial charge < -0.3 is 5.32 Å². The Kier molecular flexibility index (Phi) is 4.99. The van der Waals surface area contributed by atoms with Gasteiger partial charge in [0.05, 0.1) is 10.6 Å². The van der Waals surface area contributed by atoms with E-state index in [-0.39, 0.29) is 22.8 Å². The number of nitrogens with one attached hydrogen (secondary N) is 1. The monoisotopic (exact) mass is 417 g/mol. The highest BCUT2D eigenvalue weighted by Crippen LogP contribution is 2.38. The molecule has 3 aliphatic carbocycles. The van der Waals surface area contributed by atoms with Gasteiger partial charge in [-0.05, 0) is 63.9 Å². The molecule has 0 aliphatic heterocycles. The van der Waals surface area contributed by atoms with Crippen molar-refractivity contribution < 1.29 is 4.79 Å².